The number of anilines is 1. The van der Waals surface area contributed by atoms with Gasteiger partial charge in [-0.25, -0.2) is 8.42 Å². The zero-order valence-electron chi connectivity index (χ0n) is 15.7. The van der Waals surface area contributed by atoms with Crippen molar-refractivity contribution in [1.29, 1.82) is 0 Å². The van der Waals surface area contributed by atoms with E-state index in [1.165, 1.54) is 0 Å². The quantitative estimate of drug-likeness (QED) is 0.856. The van der Waals surface area contributed by atoms with Crippen molar-refractivity contribution in [3.05, 3.63) is 59.7 Å². The highest BCUT2D eigenvalue weighted by molar-refractivity contribution is 7.92. The Bertz CT molecular complexity index is 905. The number of likely N-dealkylation sites (N-methyl/N-ethyl adjacent to an activating group) is 1. The number of rotatable bonds is 5. The second-order valence-electron chi connectivity index (χ2n) is 6.62. The van der Waals surface area contributed by atoms with Crippen LogP contribution in [0.3, 0.4) is 0 Å². The summed E-state index contributed by atoms with van der Waals surface area (Å²) in [6, 6.07) is 13.4. The number of nitrogens with zero attached hydrogens (tertiary/aromatic N) is 2. The maximum atomic E-state index is 12.9. The van der Waals surface area contributed by atoms with E-state index in [0.29, 0.717) is 29.9 Å². The standard InChI is InChI=1S/C20H25N3O3S/c1-3-22-12-14-23(15-13-22)20(24)18-10-7-11-19(16(18)2)21-27(25,26)17-8-5-4-6-9-17/h4-11,21H,3,12-15H2,1-2H3. The van der Waals surface area contributed by atoms with E-state index in [-0.39, 0.29) is 10.8 Å². The zero-order chi connectivity index (χ0) is 19.4. The lowest BCUT2D eigenvalue weighted by atomic mass is 10.1. The highest BCUT2D eigenvalue weighted by atomic mass is 32.2. The van der Waals surface area contributed by atoms with Crippen molar-refractivity contribution in [3.8, 4) is 0 Å². The molecule has 0 atom stereocenters. The highest BCUT2D eigenvalue weighted by Gasteiger charge is 2.24. The summed E-state index contributed by atoms with van der Waals surface area (Å²) in [6.45, 7) is 7.97. The van der Waals surface area contributed by atoms with Gasteiger partial charge in [-0.2, -0.15) is 0 Å². The molecule has 1 N–H and O–H groups in total. The molecular formula is C20H25N3O3S. The third-order valence-corrected chi connectivity index (χ3v) is 6.35. The molecule has 3 rings (SSSR count). The molecule has 144 valence electrons. The van der Waals surface area contributed by atoms with Gasteiger partial charge in [0.05, 0.1) is 10.6 Å². The van der Waals surface area contributed by atoms with E-state index in [9.17, 15) is 13.2 Å². The molecule has 1 amide bonds. The summed E-state index contributed by atoms with van der Waals surface area (Å²) in [6.07, 6.45) is 0. The molecule has 6 nitrogen and oxygen atoms in total. The molecule has 27 heavy (non-hydrogen) atoms. The number of carbonyl (C=O) groups is 1. The van der Waals surface area contributed by atoms with Gasteiger partial charge in [0.25, 0.3) is 15.9 Å². The number of hydrogen-bond acceptors (Lipinski definition) is 4. The molecule has 0 unspecified atom stereocenters. The van der Waals surface area contributed by atoms with Gasteiger partial charge in [0, 0.05) is 31.7 Å². The zero-order valence-corrected chi connectivity index (χ0v) is 16.5. The summed E-state index contributed by atoms with van der Waals surface area (Å²) in [7, 11) is -3.70. The van der Waals surface area contributed by atoms with Crippen LogP contribution in [0.2, 0.25) is 0 Å². The Balaban J connectivity index is 1.81. The summed E-state index contributed by atoms with van der Waals surface area (Å²) in [5.41, 5.74) is 1.60. The minimum absolute atomic E-state index is 0.0518. The molecule has 1 aliphatic rings. The van der Waals surface area contributed by atoms with Gasteiger partial charge in [-0.1, -0.05) is 31.2 Å². The van der Waals surface area contributed by atoms with Crippen molar-refractivity contribution in [3.63, 3.8) is 0 Å². The van der Waals surface area contributed by atoms with Crippen molar-refractivity contribution in [2.24, 2.45) is 0 Å². The fraction of sp³-hybridized carbons (Fsp3) is 0.350. The van der Waals surface area contributed by atoms with Crippen LogP contribution in [0.15, 0.2) is 53.4 Å². The second-order valence-corrected chi connectivity index (χ2v) is 8.31. The average Bonchev–Trinajstić information content (AvgIpc) is 2.70. The normalized spacial score (nSPS) is 15.6. The number of nitrogens with one attached hydrogen (secondary N) is 1. The fourth-order valence-electron chi connectivity index (χ4n) is 3.22. The predicted octanol–water partition coefficient (Wildman–Crippen LogP) is 2.57. The van der Waals surface area contributed by atoms with E-state index >= 15 is 0 Å². The van der Waals surface area contributed by atoms with Crippen molar-refractivity contribution in [2.45, 2.75) is 18.7 Å². The van der Waals surface area contributed by atoms with Gasteiger partial charge in [-0.3, -0.25) is 9.52 Å². The van der Waals surface area contributed by atoms with Gasteiger partial charge in [0.2, 0.25) is 0 Å². The fourth-order valence-corrected chi connectivity index (χ4v) is 4.36. The van der Waals surface area contributed by atoms with Crippen molar-refractivity contribution < 1.29 is 13.2 Å². The van der Waals surface area contributed by atoms with Crippen LogP contribution >= 0.6 is 0 Å². The number of carbonyl (C=O) groups excluding carboxylic acids is 1. The number of piperazine rings is 1. The van der Waals surface area contributed by atoms with Crippen LogP contribution in [0.4, 0.5) is 5.69 Å². The van der Waals surface area contributed by atoms with Crippen LogP contribution in [-0.4, -0.2) is 56.8 Å². The maximum Gasteiger partial charge on any atom is 0.261 e. The Labute approximate surface area is 160 Å². The minimum atomic E-state index is -3.70. The lowest BCUT2D eigenvalue weighted by molar-refractivity contribution is 0.0642. The van der Waals surface area contributed by atoms with Gasteiger partial charge in [-0.05, 0) is 43.3 Å². The molecule has 1 aliphatic heterocycles. The third kappa shape index (κ3) is 4.31. The van der Waals surface area contributed by atoms with Crippen molar-refractivity contribution in [2.75, 3.05) is 37.4 Å². The van der Waals surface area contributed by atoms with E-state index in [2.05, 4.69) is 16.5 Å². The minimum Gasteiger partial charge on any atom is -0.336 e. The maximum absolute atomic E-state index is 12.9. The molecule has 0 aromatic heterocycles. The van der Waals surface area contributed by atoms with Gasteiger partial charge < -0.3 is 9.80 Å². The topological polar surface area (TPSA) is 69.7 Å². The Morgan fingerprint density at radius 3 is 2.30 bits per heavy atom. The number of amides is 1. The summed E-state index contributed by atoms with van der Waals surface area (Å²) >= 11 is 0. The van der Waals surface area contributed by atoms with Crippen LogP contribution in [-0.2, 0) is 10.0 Å². The average molecular weight is 388 g/mol. The van der Waals surface area contributed by atoms with Crippen molar-refractivity contribution in [1.82, 2.24) is 9.80 Å². The number of benzene rings is 2. The van der Waals surface area contributed by atoms with E-state index in [1.54, 1.807) is 55.5 Å². The predicted molar refractivity (Wildman–Crippen MR) is 106 cm³/mol. The number of hydrogen-bond donors (Lipinski definition) is 1. The van der Waals surface area contributed by atoms with Crippen LogP contribution < -0.4 is 4.72 Å². The Kier molecular flexibility index (Phi) is 5.82. The molecule has 1 fully saturated rings. The molecule has 0 saturated carbocycles. The van der Waals surface area contributed by atoms with E-state index < -0.39 is 10.0 Å². The molecular weight excluding hydrogens is 362 g/mol. The van der Waals surface area contributed by atoms with E-state index in [1.807, 2.05) is 4.90 Å². The molecule has 2 aromatic carbocycles. The monoisotopic (exact) mass is 387 g/mol. The first-order valence-corrected chi connectivity index (χ1v) is 10.6. The molecule has 0 spiro atoms. The van der Waals surface area contributed by atoms with Crippen LogP contribution in [0.5, 0.6) is 0 Å². The lowest BCUT2D eigenvalue weighted by Crippen LogP contribution is -2.48. The Hall–Kier alpha value is -2.38. The first kappa shape index (κ1) is 19.4. The first-order chi connectivity index (χ1) is 12.9. The highest BCUT2D eigenvalue weighted by Crippen LogP contribution is 2.24. The smallest absolute Gasteiger partial charge is 0.261 e. The second kappa shape index (κ2) is 8.10. The first-order valence-electron chi connectivity index (χ1n) is 9.11. The van der Waals surface area contributed by atoms with Gasteiger partial charge in [-0.15, -0.1) is 0 Å². The SMILES string of the molecule is CCN1CCN(C(=O)c2cccc(NS(=O)(=O)c3ccccc3)c2C)CC1. The molecule has 0 bridgehead atoms. The van der Waals surface area contributed by atoms with Crippen LogP contribution in [0.1, 0.15) is 22.8 Å². The molecule has 1 heterocycles. The largest absolute Gasteiger partial charge is 0.336 e. The molecule has 0 radical (unpaired) electrons. The Morgan fingerprint density at radius 1 is 1.00 bits per heavy atom. The van der Waals surface area contributed by atoms with Crippen LogP contribution in [0.25, 0.3) is 0 Å². The number of sulfonamides is 1. The van der Waals surface area contributed by atoms with Gasteiger partial charge in [0.15, 0.2) is 0 Å². The summed E-state index contributed by atoms with van der Waals surface area (Å²) < 4.78 is 27.8. The van der Waals surface area contributed by atoms with Crippen molar-refractivity contribution >= 4 is 21.6 Å². The molecule has 0 aliphatic carbocycles. The summed E-state index contributed by atoms with van der Waals surface area (Å²) in [5, 5.41) is 0. The van der Waals surface area contributed by atoms with E-state index in [0.717, 1.165) is 19.6 Å². The van der Waals surface area contributed by atoms with Gasteiger partial charge >= 0.3 is 0 Å². The summed E-state index contributed by atoms with van der Waals surface area (Å²) in [5.74, 6) is -0.0518. The van der Waals surface area contributed by atoms with Gasteiger partial charge in [0.1, 0.15) is 0 Å². The third-order valence-electron chi connectivity index (χ3n) is 4.97. The molecule has 2 aromatic rings. The molecule has 1 saturated heterocycles. The van der Waals surface area contributed by atoms with Crippen LogP contribution in [0, 0.1) is 6.92 Å². The van der Waals surface area contributed by atoms with E-state index in [4.69, 9.17) is 0 Å². The Morgan fingerprint density at radius 2 is 1.67 bits per heavy atom. The molecule has 7 heteroatoms. The summed E-state index contributed by atoms with van der Waals surface area (Å²) in [4.78, 5) is 17.3. The lowest BCUT2D eigenvalue weighted by Gasteiger charge is -2.34.